The van der Waals surface area contributed by atoms with Crippen molar-refractivity contribution in [1.29, 1.82) is 0 Å². The number of hydrogen-bond acceptors (Lipinski definition) is 3. The van der Waals surface area contributed by atoms with Gasteiger partial charge in [-0.2, -0.15) is 13.2 Å². The summed E-state index contributed by atoms with van der Waals surface area (Å²) in [5, 5.41) is 9.63. The molecule has 0 aliphatic carbocycles. The third-order valence-electron chi connectivity index (χ3n) is 2.47. The van der Waals surface area contributed by atoms with E-state index < -0.39 is 24.9 Å². The van der Waals surface area contributed by atoms with Gasteiger partial charge in [0.05, 0.1) is 12.1 Å². The number of carbonyl (C=O) groups excluding carboxylic acids is 1. The predicted octanol–water partition coefficient (Wildman–Crippen LogP) is 2.55. The third kappa shape index (κ3) is 3.81. The SMILES string of the molecule is O=C(CCC(F)(F)F)Nc1nncn1-c1ccccc1. The minimum absolute atomic E-state index is 0.0865. The first kappa shape index (κ1) is 14.0. The summed E-state index contributed by atoms with van der Waals surface area (Å²) in [7, 11) is 0. The summed E-state index contributed by atoms with van der Waals surface area (Å²) in [4.78, 5) is 11.4. The Morgan fingerprint density at radius 2 is 1.95 bits per heavy atom. The van der Waals surface area contributed by atoms with Crippen molar-refractivity contribution in [3.05, 3.63) is 36.7 Å². The van der Waals surface area contributed by atoms with E-state index in [-0.39, 0.29) is 5.95 Å². The number of aromatic nitrogens is 3. The lowest BCUT2D eigenvalue weighted by Gasteiger charge is -2.08. The van der Waals surface area contributed by atoms with Crippen molar-refractivity contribution < 1.29 is 18.0 Å². The molecule has 0 aliphatic heterocycles. The fraction of sp³-hybridized carbons (Fsp3) is 0.250. The molecule has 1 heterocycles. The maximum absolute atomic E-state index is 12.0. The van der Waals surface area contributed by atoms with Crippen LogP contribution < -0.4 is 5.32 Å². The van der Waals surface area contributed by atoms with Crippen LogP contribution in [0, 0.1) is 0 Å². The molecule has 0 saturated carbocycles. The predicted molar refractivity (Wildman–Crippen MR) is 65.3 cm³/mol. The smallest absolute Gasteiger partial charge is 0.294 e. The molecule has 1 amide bonds. The van der Waals surface area contributed by atoms with Crippen LogP contribution in [-0.4, -0.2) is 26.8 Å². The van der Waals surface area contributed by atoms with Crippen LogP contribution in [0.1, 0.15) is 12.8 Å². The highest BCUT2D eigenvalue weighted by atomic mass is 19.4. The zero-order chi connectivity index (χ0) is 14.6. The van der Waals surface area contributed by atoms with Crippen LogP contribution in [0.15, 0.2) is 36.7 Å². The summed E-state index contributed by atoms with van der Waals surface area (Å²) >= 11 is 0. The van der Waals surface area contributed by atoms with Gasteiger partial charge in [0, 0.05) is 6.42 Å². The molecule has 0 fully saturated rings. The molecule has 1 aromatic carbocycles. The Labute approximate surface area is 112 Å². The minimum atomic E-state index is -4.36. The number of nitrogens with one attached hydrogen (secondary N) is 1. The van der Waals surface area contributed by atoms with Crippen LogP contribution >= 0.6 is 0 Å². The molecule has 8 heteroatoms. The van der Waals surface area contributed by atoms with Crippen molar-refractivity contribution in [1.82, 2.24) is 14.8 Å². The van der Waals surface area contributed by atoms with Crippen LogP contribution in [0.25, 0.3) is 5.69 Å². The maximum Gasteiger partial charge on any atom is 0.389 e. The monoisotopic (exact) mass is 284 g/mol. The van der Waals surface area contributed by atoms with E-state index in [2.05, 4.69) is 15.5 Å². The van der Waals surface area contributed by atoms with Gasteiger partial charge < -0.3 is 0 Å². The molecule has 0 saturated heterocycles. The van der Waals surface area contributed by atoms with Gasteiger partial charge in [0.15, 0.2) is 0 Å². The van der Waals surface area contributed by atoms with Crippen molar-refractivity contribution >= 4 is 11.9 Å². The standard InChI is InChI=1S/C12H11F3N4O/c13-12(14,15)7-6-10(20)17-11-18-16-8-19(11)9-4-2-1-3-5-9/h1-5,8H,6-7H2,(H,17,18,20). The highest BCUT2D eigenvalue weighted by Crippen LogP contribution is 2.21. The lowest BCUT2D eigenvalue weighted by atomic mass is 10.3. The minimum Gasteiger partial charge on any atom is -0.294 e. The first-order valence-corrected chi connectivity index (χ1v) is 5.78. The number of carbonyl (C=O) groups is 1. The largest absolute Gasteiger partial charge is 0.389 e. The van der Waals surface area contributed by atoms with Gasteiger partial charge >= 0.3 is 6.18 Å². The Balaban J connectivity index is 2.04. The third-order valence-corrected chi connectivity index (χ3v) is 2.47. The van der Waals surface area contributed by atoms with E-state index in [4.69, 9.17) is 0 Å². The lowest BCUT2D eigenvalue weighted by Crippen LogP contribution is -2.18. The topological polar surface area (TPSA) is 59.8 Å². The van der Waals surface area contributed by atoms with Gasteiger partial charge in [0.1, 0.15) is 6.33 Å². The molecule has 2 aromatic rings. The van der Waals surface area contributed by atoms with Crippen molar-refractivity contribution in [3.8, 4) is 5.69 Å². The number of hydrogen-bond donors (Lipinski definition) is 1. The lowest BCUT2D eigenvalue weighted by molar-refractivity contribution is -0.142. The Bertz CT molecular complexity index is 580. The Hall–Kier alpha value is -2.38. The molecule has 2 rings (SSSR count). The van der Waals surface area contributed by atoms with Crippen molar-refractivity contribution in [3.63, 3.8) is 0 Å². The number of nitrogens with zero attached hydrogens (tertiary/aromatic N) is 3. The van der Waals surface area contributed by atoms with Crippen LogP contribution in [0.5, 0.6) is 0 Å². The second-order valence-electron chi connectivity index (χ2n) is 4.02. The van der Waals surface area contributed by atoms with E-state index in [0.717, 1.165) is 0 Å². The highest BCUT2D eigenvalue weighted by Gasteiger charge is 2.28. The Kier molecular flexibility index (Phi) is 4.02. The van der Waals surface area contributed by atoms with Gasteiger partial charge in [-0.05, 0) is 12.1 Å². The van der Waals surface area contributed by atoms with E-state index in [0.29, 0.717) is 5.69 Å². The zero-order valence-electron chi connectivity index (χ0n) is 10.3. The van der Waals surface area contributed by atoms with Crippen LogP contribution in [0.4, 0.5) is 19.1 Å². The molecular formula is C12H11F3N4O. The number of alkyl halides is 3. The number of para-hydroxylation sites is 1. The van der Waals surface area contributed by atoms with Gasteiger partial charge in [-0.25, -0.2) is 0 Å². The van der Waals surface area contributed by atoms with Crippen LogP contribution in [0.2, 0.25) is 0 Å². The summed E-state index contributed by atoms with van der Waals surface area (Å²) < 4.78 is 37.6. The van der Waals surface area contributed by atoms with E-state index in [1.807, 2.05) is 6.07 Å². The number of rotatable bonds is 4. The average molecular weight is 284 g/mol. The fourth-order valence-electron chi connectivity index (χ4n) is 1.54. The van der Waals surface area contributed by atoms with Gasteiger partial charge in [-0.1, -0.05) is 18.2 Å². The van der Waals surface area contributed by atoms with E-state index in [9.17, 15) is 18.0 Å². The number of anilines is 1. The van der Waals surface area contributed by atoms with Gasteiger partial charge in [-0.15, -0.1) is 10.2 Å². The molecule has 1 aromatic heterocycles. The quantitative estimate of drug-likeness (QED) is 0.938. The maximum atomic E-state index is 12.0. The molecule has 0 radical (unpaired) electrons. The zero-order valence-corrected chi connectivity index (χ0v) is 10.3. The molecule has 0 unspecified atom stereocenters. The molecule has 20 heavy (non-hydrogen) atoms. The molecule has 0 spiro atoms. The number of amides is 1. The van der Waals surface area contributed by atoms with Gasteiger partial charge in [0.2, 0.25) is 11.9 Å². The molecule has 0 bridgehead atoms. The summed E-state index contributed by atoms with van der Waals surface area (Å²) in [5.74, 6) is -0.670. The molecule has 5 nitrogen and oxygen atoms in total. The normalized spacial score (nSPS) is 11.3. The second kappa shape index (κ2) is 5.72. The van der Waals surface area contributed by atoms with E-state index in [1.165, 1.54) is 10.9 Å². The molecule has 0 atom stereocenters. The first-order valence-electron chi connectivity index (χ1n) is 5.78. The summed E-state index contributed by atoms with van der Waals surface area (Å²) in [6.45, 7) is 0. The molecule has 106 valence electrons. The van der Waals surface area contributed by atoms with Crippen molar-refractivity contribution in [2.24, 2.45) is 0 Å². The Morgan fingerprint density at radius 1 is 1.25 bits per heavy atom. The Morgan fingerprint density at radius 3 is 2.60 bits per heavy atom. The fourth-order valence-corrected chi connectivity index (χ4v) is 1.54. The second-order valence-corrected chi connectivity index (χ2v) is 4.02. The number of benzene rings is 1. The van der Waals surface area contributed by atoms with Crippen LogP contribution in [-0.2, 0) is 4.79 Å². The summed E-state index contributed by atoms with van der Waals surface area (Å²) in [5.41, 5.74) is 0.698. The summed E-state index contributed by atoms with van der Waals surface area (Å²) in [6, 6.07) is 8.90. The molecule has 0 aliphatic rings. The number of halogens is 3. The van der Waals surface area contributed by atoms with E-state index in [1.54, 1.807) is 24.3 Å². The first-order chi connectivity index (χ1) is 9.46. The van der Waals surface area contributed by atoms with Crippen molar-refractivity contribution in [2.45, 2.75) is 19.0 Å². The molecule has 1 N–H and O–H groups in total. The van der Waals surface area contributed by atoms with Gasteiger partial charge in [-0.3, -0.25) is 14.7 Å². The highest BCUT2D eigenvalue weighted by molar-refractivity contribution is 5.89. The van der Waals surface area contributed by atoms with E-state index >= 15 is 0 Å². The van der Waals surface area contributed by atoms with Crippen LogP contribution in [0.3, 0.4) is 0 Å². The molecular weight excluding hydrogens is 273 g/mol. The average Bonchev–Trinajstić information content (AvgIpc) is 2.85. The van der Waals surface area contributed by atoms with Crippen molar-refractivity contribution in [2.75, 3.05) is 5.32 Å². The summed E-state index contributed by atoms with van der Waals surface area (Å²) in [6.07, 6.45) is -4.80. The van der Waals surface area contributed by atoms with Gasteiger partial charge in [0.25, 0.3) is 0 Å².